The Bertz CT molecular complexity index is 335. The fraction of sp³-hybridized carbons (Fsp3) is 0.143. The van der Waals surface area contributed by atoms with Gasteiger partial charge in [0.2, 0.25) is 0 Å². The molecule has 0 saturated carbocycles. The Morgan fingerprint density at radius 2 is 1.92 bits per heavy atom. The normalized spacial score (nSPS) is 11.3. The summed E-state index contributed by atoms with van der Waals surface area (Å²) in [5.41, 5.74) is -1.63. The molecule has 1 rings (SSSR count). The van der Waals surface area contributed by atoms with Crippen molar-refractivity contribution in [3.63, 3.8) is 0 Å². The summed E-state index contributed by atoms with van der Waals surface area (Å²) < 4.78 is 36.0. The zero-order chi connectivity index (χ0) is 10.1. The minimum absolute atomic E-state index is 0.488. The van der Waals surface area contributed by atoms with Gasteiger partial charge in [0, 0.05) is 0 Å². The molecule has 0 heterocycles. The van der Waals surface area contributed by atoms with Crippen LogP contribution in [-0.4, -0.2) is 5.11 Å². The fourth-order valence-corrected chi connectivity index (χ4v) is 0.773. The predicted molar refractivity (Wildman–Crippen MR) is 38.6 cm³/mol. The lowest BCUT2D eigenvalue weighted by Gasteiger charge is -2.06. The van der Waals surface area contributed by atoms with Crippen LogP contribution in [0.2, 0.25) is 0 Å². The number of rotatable bonds is 1. The highest BCUT2D eigenvalue weighted by molar-refractivity contribution is 5.52. The van der Waals surface area contributed by atoms with Gasteiger partial charge in [-0.2, -0.15) is 13.2 Å². The predicted octanol–water partition coefficient (Wildman–Crippen LogP) is 2.81. The first-order chi connectivity index (χ1) is 5.95. The minimum Gasteiger partial charge on any atom is -0.506 e. The van der Waals surface area contributed by atoms with E-state index in [4.69, 9.17) is 5.11 Å². The number of aromatic hydroxyl groups is 1. The molecule has 13 heavy (non-hydrogen) atoms. The van der Waals surface area contributed by atoms with E-state index in [0.29, 0.717) is 12.1 Å². The summed E-state index contributed by atoms with van der Waals surface area (Å²) in [5.74, 6) is -0.567. The van der Waals surface area contributed by atoms with Crippen molar-refractivity contribution in [2.75, 3.05) is 0 Å². The Kier molecular flexibility index (Phi) is 2.22. The molecular formula is C7H4F3NO2. The van der Waals surface area contributed by atoms with E-state index in [9.17, 15) is 18.1 Å². The van der Waals surface area contributed by atoms with E-state index in [1.165, 1.54) is 0 Å². The molecule has 6 heteroatoms. The van der Waals surface area contributed by atoms with Gasteiger partial charge in [-0.3, -0.25) is 0 Å². The van der Waals surface area contributed by atoms with Gasteiger partial charge in [0.05, 0.1) is 5.56 Å². The summed E-state index contributed by atoms with van der Waals surface area (Å²) >= 11 is 0. The van der Waals surface area contributed by atoms with Gasteiger partial charge in [0.1, 0.15) is 11.4 Å². The summed E-state index contributed by atoms with van der Waals surface area (Å²) in [6.45, 7) is 0. The molecule has 0 bridgehead atoms. The van der Waals surface area contributed by atoms with Crippen LogP contribution in [0.5, 0.6) is 5.75 Å². The van der Waals surface area contributed by atoms with Crippen molar-refractivity contribution in [3.8, 4) is 5.75 Å². The van der Waals surface area contributed by atoms with Crippen molar-refractivity contribution >= 4 is 5.69 Å². The fourth-order valence-electron chi connectivity index (χ4n) is 0.773. The van der Waals surface area contributed by atoms with Crippen molar-refractivity contribution in [1.82, 2.24) is 0 Å². The molecule has 0 spiro atoms. The first-order valence-corrected chi connectivity index (χ1v) is 3.18. The molecule has 3 nitrogen and oxygen atoms in total. The largest absolute Gasteiger partial charge is 0.506 e. The number of benzene rings is 1. The van der Waals surface area contributed by atoms with Gasteiger partial charge in [-0.1, -0.05) is 0 Å². The lowest BCUT2D eigenvalue weighted by molar-refractivity contribution is -0.137. The van der Waals surface area contributed by atoms with Crippen LogP contribution in [-0.2, 0) is 6.18 Å². The van der Waals surface area contributed by atoms with Gasteiger partial charge in [0.15, 0.2) is 0 Å². The van der Waals surface area contributed by atoms with E-state index in [-0.39, 0.29) is 0 Å². The maximum atomic E-state index is 12.0. The highest BCUT2D eigenvalue weighted by Crippen LogP contribution is 2.35. The quantitative estimate of drug-likeness (QED) is 0.693. The summed E-state index contributed by atoms with van der Waals surface area (Å²) in [5, 5.41) is 11.1. The number of alkyl halides is 3. The Hall–Kier alpha value is -1.59. The van der Waals surface area contributed by atoms with Gasteiger partial charge < -0.3 is 5.11 Å². The van der Waals surface area contributed by atoms with E-state index in [1.807, 2.05) is 0 Å². The summed E-state index contributed by atoms with van der Waals surface area (Å²) in [6, 6.07) is 1.94. The second-order valence-corrected chi connectivity index (χ2v) is 2.29. The third kappa shape index (κ3) is 1.95. The zero-order valence-corrected chi connectivity index (χ0v) is 6.17. The molecule has 1 N–H and O–H groups in total. The second-order valence-electron chi connectivity index (χ2n) is 2.29. The highest BCUT2D eigenvalue weighted by atomic mass is 19.4. The molecular weight excluding hydrogens is 187 g/mol. The minimum atomic E-state index is -4.53. The van der Waals surface area contributed by atoms with Crippen LogP contribution >= 0.6 is 0 Å². The lowest BCUT2D eigenvalue weighted by Crippen LogP contribution is -2.03. The van der Waals surface area contributed by atoms with E-state index in [0.717, 1.165) is 6.07 Å². The van der Waals surface area contributed by atoms with E-state index in [1.54, 1.807) is 0 Å². The topological polar surface area (TPSA) is 49.7 Å². The van der Waals surface area contributed by atoms with Gasteiger partial charge in [-0.25, -0.2) is 0 Å². The molecule has 1 aromatic carbocycles. The maximum Gasteiger partial charge on any atom is 0.416 e. The molecule has 0 aliphatic heterocycles. The number of hydrogen-bond acceptors (Lipinski definition) is 3. The molecule has 0 aromatic heterocycles. The van der Waals surface area contributed by atoms with E-state index < -0.39 is 23.2 Å². The summed E-state index contributed by atoms with van der Waals surface area (Å²) in [4.78, 5) is 9.93. The number of nitroso groups, excluding NO2 is 1. The number of nitrogens with zero attached hydrogens (tertiary/aromatic N) is 1. The maximum absolute atomic E-state index is 12.0. The number of phenolic OH excluding ortho intramolecular Hbond substituents is 1. The summed E-state index contributed by atoms with van der Waals surface area (Å²) in [7, 11) is 0. The third-order valence-corrected chi connectivity index (χ3v) is 1.40. The van der Waals surface area contributed by atoms with Crippen molar-refractivity contribution in [2.45, 2.75) is 6.18 Å². The molecule has 0 radical (unpaired) electrons. The van der Waals surface area contributed by atoms with Crippen LogP contribution in [0.15, 0.2) is 23.4 Å². The average Bonchev–Trinajstić information content (AvgIpc) is 2.03. The Labute approximate surface area is 70.8 Å². The Balaban J connectivity index is 3.21. The van der Waals surface area contributed by atoms with Crippen LogP contribution in [0.4, 0.5) is 18.9 Å². The first-order valence-electron chi connectivity index (χ1n) is 3.18. The summed E-state index contributed by atoms with van der Waals surface area (Å²) in [6.07, 6.45) is -4.53. The standard InChI is InChI=1S/C7H4F3NO2/c8-7(9,10)4-1-2-6(12)5(3-4)11-13/h1-3,12H. The van der Waals surface area contributed by atoms with Crippen LogP contribution in [0.3, 0.4) is 0 Å². The van der Waals surface area contributed by atoms with Gasteiger partial charge >= 0.3 is 6.18 Å². The number of hydrogen-bond donors (Lipinski definition) is 1. The molecule has 1 aromatic rings. The second kappa shape index (κ2) is 3.04. The van der Waals surface area contributed by atoms with Crippen molar-refractivity contribution in [1.29, 1.82) is 0 Å². The smallest absolute Gasteiger partial charge is 0.416 e. The van der Waals surface area contributed by atoms with Crippen LogP contribution in [0, 0.1) is 4.91 Å². The molecule has 0 atom stereocenters. The molecule has 0 unspecified atom stereocenters. The number of phenols is 1. The average molecular weight is 191 g/mol. The lowest BCUT2D eigenvalue weighted by atomic mass is 10.2. The van der Waals surface area contributed by atoms with Crippen LogP contribution in [0.1, 0.15) is 5.56 Å². The van der Waals surface area contributed by atoms with Crippen molar-refractivity contribution < 1.29 is 18.3 Å². The van der Waals surface area contributed by atoms with E-state index >= 15 is 0 Å². The molecule has 0 saturated heterocycles. The van der Waals surface area contributed by atoms with Crippen LogP contribution < -0.4 is 0 Å². The molecule has 0 aliphatic carbocycles. The van der Waals surface area contributed by atoms with Crippen molar-refractivity contribution in [3.05, 3.63) is 28.7 Å². The van der Waals surface area contributed by atoms with Gasteiger partial charge in [-0.15, -0.1) is 4.91 Å². The third-order valence-electron chi connectivity index (χ3n) is 1.40. The zero-order valence-electron chi connectivity index (χ0n) is 6.17. The van der Waals surface area contributed by atoms with E-state index in [2.05, 4.69) is 5.18 Å². The van der Waals surface area contributed by atoms with Gasteiger partial charge in [0.25, 0.3) is 0 Å². The Morgan fingerprint density at radius 3 is 2.38 bits per heavy atom. The Morgan fingerprint density at radius 1 is 1.31 bits per heavy atom. The molecule has 70 valence electrons. The van der Waals surface area contributed by atoms with Crippen LogP contribution in [0.25, 0.3) is 0 Å². The highest BCUT2D eigenvalue weighted by Gasteiger charge is 2.31. The molecule has 0 amide bonds. The van der Waals surface area contributed by atoms with Crippen molar-refractivity contribution in [2.24, 2.45) is 5.18 Å². The number of halogens is 3. The SMILES string of the molecule is O=Nc1cc(C(F)(F)F)ccc1O. The molecule has 0 aliphatic rings. The first kappa shape index (κ1) is 9.50. The monoisotopic (exact) mass is 191 g/mol. The van der Waals surface area contributed by atoms with Gasteiger partial charge in [-0.05, 0) is 23.4 Å². The molecule has 0 fully saturated rings.